The lowest BCUT2D eigenvalue weighted by Crippen LogP contribution is -2.28. The van der Waals surface area contributed by atoms with Gasteiger partial charge in [0.05, 0.1) is 10.7 Å². The van der Waals surface area contributed by atoms with Gasteiger partial charge in [-0.1, -0.05) is 11.6 Å². The van der Waals surface area contributed by atoms with Gasteiger partial charge in [0.15, 0.2) is 5.82 Å². The van der Waals surface area contributed by atoms with Gasteiger partial charge in [0.2, 0.25) is 5.78 Å². The zero-order chi connectivity index (χ0) is 11.9. The molecule has 0 spiro atoms. The van der Waals surface area contributed by atoms with Crippen LogP contribution in [0.25, 0.3) is 0 Å². The lowest BCUT2D eigenvalue weighted by Gasteiger charge is -2.16. The van der Waals surface area contributed by atoms with Crippen LogP contribution < -0.4 is 4.90 Å². The lowest BCUT2D eigenvalue weighted by molar-refractivity contribution is -0.133. The summed E-state index contributed by atoms with van der Waals surface area (Å²) in [6.45, 7) is 0.0694. The van der Waals surface area contributed by atoms with Crippen LogP contribution in [0.1, 0.15) is 6.42 Å². The van der Waals surface area contributed by atoms with Crippen molar-refractivity contribution < 1.29 is 18.4 Å². The Kier molecular flexibility index (Phi) is 2.63. The molecule has 0 radical (unpaired) electrons. The second-order valence-corrected chi connectivity index (χ2v) is 3.76. The summed E-state index contributed by atoms with van der Waals surface area (Å²) in [4.78, 5) is 23.3. The normalized spacial score (nSPS) is 16.1. The Balaban J connectivity index is 2.49. The van der Waals surface area contributed by atoms with Crippen LogP contribution in [0, 0.1) is 11.6 Å². The van der Waals surface area contributed by atoms with Crippen molar-refractivity contribution in [3.8, 4) is 0 Å². The molecule has 1 aliphatic heterocycles. The molecule has 3 nitrogen and oxygen atoms in total. The summed E-state index contributed by atoms with van der Waals surface area (Å²) in [7, 11) is 0. The fourth-order valence-corrected chi connectivity index (χ4v) is 1.87. The minimum absolute atomic E-state index is 0.0198. The average molecular weight is 246 g/mol. The monoisotopic (exact) mass is 245 g/mol. The molecule has 0 atom stereocenters. The van der Waals surface area contributed by atoms with Gasteiger partial charge in [0.25, 0.3) is 5.91 Å². The molecular weight excluding hydrogens is 240 g/mol. The van der Waals surface area contributed by atoms with E-state index in [1.165, 1.54) is 0 Å². The molecule has 1 saturated heterocycles. The number of hydrogen-bond donors (Lipinski definition) is 0. The summed E-state index contributed by atoms with van der Waals surface area (Å²) in [5.41, 5.74) is -0.237. The summed E-state index contributed by atoms with van der Waals surface area (Å²) in [5.74, 6) is -3.19. The first-order valence-corrected chi connectivity index (χ1v) is 4.87. The van der Waals surface area contributed by atoms with Crippen molar-refractivity contribution in [1.82, 2.24) is 0 Å². The minimum atomic E-state index is -0.951. The Hall–Kier alpha value is -1.49. The van der Waals surface area contributed by atoms with Gasteiger partial charge in [-0.2, -0.15) is 0 Å². The lowest BCUT2D eigenvalue weighted by atomic mass is 10.2. The molecule has 1 heterocycles. The molecule has 1 aliphatic rings. The van der Waals surface area contributed by atoms with E-state index in [9.17, 15) is 18.4 Å². The van der Waals surface area contributed by atoms with Crippen LogP contribution in [0.5, 0.6) is 0 Å². The van der Waals surface area contributed by atoms with Crippen molar-refractivity contribution in [2.45, 2.75) is 6.42 Å². The van der Waals surface area contributed by atoms with E-state index in [4.69, 9.17) is 11.6 Å². The van der Waals surface area contributed by atoms with Gasteiger partial charge in [0, 0.05) is 19.0 Å². The molecule has 0 unspecified atom stereocenters. The number of carbonyl (C=O) groups excluding carboxylic acids is 2. The molecule has 1 amide bonds. The molecule has 0 aromatic heterocycles. The quantitative estimate of drug-likeness (QED) is 0.709. The van der Waals surface area contributed by atoms with Crippen molar-refractivity contribution in [3.05, 3.63) is 28.8 Å². The first kappa shape index (κ1) is 11.0. The van der Waals surface area contributed by atoms with E-state index < -0.39 is 23.3 Å². The summed E-state index contributed by atoms with van der Waals surface area (Å²) < 4.78 is 26.2. The largest absolute Gasteiger partial charge is 0.301 e. The fraction of sp³-hybridized carbons (Fsp3) is 0.200. The second kappa shape index (κ2) is 3.83. The van der Waals surface area contributed by atoms with Gasteiger partial charge in [-0.05, 0) is 6.07 Å². The number of hydrogen-bond acceptors (Lipinski definition) is 2. The van der Waals surface area contributed by atoms with Gasteiger partial charge in [-0.3, -0.25) is 9.59 Å². The molecule has 2 rings (SSSR count). The van der Waals surface area contributed by atoms with Gasteiger partial charge >= 0.3 is 0 Å². The number of nitrogens with zero attached hydrogens (tertiary/aromatic N) is 1. The Morgan fingerprint density at radius 2 is 1.94 bits per heavy atom. The molecule has 1 aromatic rings. The molecule has 0 saturated carbocycles. The predicted molar refractivity (Wildman–Crippen MR) is 53.3 cm³/mol. The van der Waals surface area contributed by atoms with Crippen molar-refractivity contribution >= 4 is 29.0 Å². The van der Waals surface area contributed by atoms with E-state index in [-0.39, 0.29) is 23.7 Å². The Bertz CT molecular complexity index is 467. The van der Waals surface area contributed by atoms with E-state index in [0.717, 1.165) is 11.0 Å². The topological polar surface area (TPSA) is 37.4 Å². The first-order valence-electron chi connectivity index (χ1n) is 4.50. The third-order valence-corrected chi connectivity index (χ3v) is 2.59. The van der Waals surface area contributed by atoms with Crippen LogP contribution in [0.4, 0.5) is 14.5 Å². The number of halogens is 3. The number of anilines is 1. The zero-order valence-corrected chi connectivity index (χ0v) is 8.72. The maximum Gasteiger partial charge on any atom is 0.294 e. The van der Waals surface area contributed by atoms with Crippen LogP contribution in [0.2, 0.25) is 5.02 Å². The van der Waals surface area contributed by atoms with Crippen LogP contribution in [0.3, 0.4) is 0 Å². The van der Waals surface area contributed by atoms with E-state index in [1.807, 2.05) is 0 Å². The van der Waals surface area contributed by atoms with Gasteiger partial charge in [-0.25, -0.2) is 8.78 Å². The van der Waals surface area contributed by atoms with Gasteiger partial charge in [0.1, 0.15) is 5.82 Å². The minimum Gasteiger partial charge on any atom is -0.301 e. The third kappa shape index (κ3) is 1.67. The molecule has 1 aromatic carbocycles. The standard InChI is InChI=1S/C10H6ClF2NO2/c11-6-3-5(12)4-7(13)9(6)14-2-1-8(15)10(14)16/h3-4H,1-2H2. The van der Waals surface area contributed by atoms with Crippen molar-refractivity contribution in [3.63, 3.8) is 0 Å². The number of ketones is 1. The highest BCUT2D eigenvalue weighted by Crippen LogP contribution is 2.32. The SMILES string of the molecule is O=C1CCN(c2c(F)cc(F)cc2Cl)C1=O. The van der Waals surface area contributed by atoms with Gasteiger partial charge in [-0.15, -0.1) is 0 Å². The average Bonchev–Trinajstić information content (AvgIpc) is 2.48. The Morgan fingerprint density at radius 1 is 1.25 bits per heavy atom. The van der Waals surface area contributed by atoms with E-state index in [1.54, 1.807) is 0 Å². The van der Waals surface area contributed by atoms with Crippen molar-refractivity contribution in [2.24, 2.45) is 0 Å². The number of amides is 1. The smallest absolute Gasteiger partial charge is 0.294 e. The first-order chi connectivity index (χ1) is 7.50. The highest BCUT2D eigenvalue weighted by molar-refractivity contribution is 6.45. The molecule has 6 heteroatoms. The van der Waals surface area contributed by atoms with Crippen molar-refractivity contribution in [1.29, 1.82) is 0 Å². The van der Waals surface area contributed by atoms with E-state index >= 15 is 0 Å². The molecular formula is C10H6ClF2NO2. The number of rotatable bonds is 1. The van der Waals surface area contributed by atoms with Crippen LogP contribution >= 0.6 is 11.6 Å². The number of benzene rings is 1. The van der Waals surface area contributed by atoms with Crippen LogP contribution in [-0.2, 0) is 9.59 Å². The second-order valence-electron chi connectivity index (χ2n) is 3.35. The maximum absolute atomic E-state index is 13.4. The molecule has 0 bridgehead atoms. The highest BCUT2D eigenvalue weighted by Gasteiger charge is 2.33. The maximum atomic E-state index is 13.4. The Morgan fingerprint density at radius 3 is 2.44 bits per heavy atom. The number of carbonyl (C=O) groups is 2. The van der Waals surface area contributed by atoms with Crippen molar-refractivity contribution in [2.75, 3.05) is 11.4 Å². The van der Waals surface area contributed by atoms with E-state index in [2.05, 4.69) is 0 Å². The van der Waals surface area contributed by atoms with Gasteiger partial charge < -0.3 is 4.90 Å². The fourth-order valence-electron chi connectivity index (χ4n) is 1.58. The molecule has 0 N–H and O–H groups in total. The van der Waals surface area contributed by atoms with Crippen LogP contribution in [-0.4, -0.2) is 18.2 Å². The summed E-state index contributed by atoms with van der Waals surface area (Å²) in [6.07, 6.45) is 0.0198. The Labute approximate surface area is 94.6 Å². The summed E-state index contributed by atoms with van der Waals surface area (Å²) >= 11 is 5.64. The molecule has 84 valence electrons. The third-order valence-electron chi connectivity index (χ3n) is 2.30. The van der Waals surface area contributed by atoms with E-state index in [0.29, 0.717) is 6.07 Å². The zero-order valence-electron chi connectivity index (χ0n) is 7.97. The molecule has 1 fully saturated rings. The number of Topliss-reactive ketones (excluding diaryl/α,β-unsaturated/α-hetero) is 1. The molecule has 0 aliphatic carbocycles. The summed E-state index contributed by atoms with van der Waals surface area (Å²) in [6, 6.07) is 1.52. The van der Waals surface area contributed by atoms with Crippen LogP contribution in [0.15, 0.2) is 12.1 Å². The summed E-state index contributed by atoms with van der Waals surface area (Å²) in [5, 5.41) is -0.222. The predicted octanol–water partition coefficient (Wildman–Crippen LogP) is 1.92. The highest BCUT2D eigenvalue weighted by atomic mass is 35.5. The molecule has 16 heavy (non-hydrogen) atoms.